The highest BCUT2D eigenvalue weighted by atomic mass is 79.9. The molecule has 5 heteroatoms. The largest absolute Gasteiger partial charge is 0.232 e. The Hall–Kier alpha value is -0.610. The third kappa shape index (κ3) is 1.44. The van der Waals surface area contributed by atoms with Crippen LogP contribution in [0.15, 0.2) is 10.7 Å². The van der Waals surface area contributed by atoms with E-state index in [4.69, 9.17) is 16.6 Å². The second-order valence-electron chi connectivity index (χ2n) is 5.93. The van der Waals surface area contributed by atoms with Gasteiger partial charge in [-0.1, -0.05) is 31.4 Å². The number of aromatic nitrogens is 3. The molecule has 1 unspecified atom stereocenters. The molecule has 1 atom stereocenters. The first-order valence-electron chi connectivity index (χ1n) is 6.85. The highest BCUT2D eigenvalue weighted by Gasteiger charge is 2.48. The zero-order chi connectivity index (χ0) is 13.2. The molecule has 2 aromatic rings. The molecule has 2 aliphatic carbocycles. The van der Waals surface area contributed by atoms with Gasteiger partial charge in [0, 0.05) is 11.0 Å². The lowest BCUT2D eigenvalue weighted by atomic mass is 9.76. The van der Waals surface area contributed by atoms with E-state index in [9.17, 15) is 0 Å². The normalized spacial score (nSPS) is 24.5. The summed E-state index contributed by atoms with van der Waals surface area (Å²) in [6.45, 7) is 2.35. The zero-order valence-corrected chi connectivity index (χ0v) is 13.1. The molecule has 1 spiro atoms. The van der Waals surface area contributed by atoms with Crippen molar-refractivity contribution in [1.29, 1.82) is 0 Å². The molecule has 19 heavy (non-hydrogen) atoms. The number of nitrogens with zero attached hydrogens (tertiary/aromatic N) is 3. The van der Waals surface area contributed by atoms with Gasteiger partial charge in [-0.25, -0.2) is 9.50 Å². The van der Waals surface area contributed by atoms with Crippen molar-refractivity contribution in [3.05, 3.63) is 27.1 Å². The van der Waals surface area contributed by atoms with E-state index in [0.717, 1.165) is 21.7 Å². The van der Waals surface area contributed by atoms with Gasteiger partial charge in [-0.15, -0.1) is 0 Å². The lowest BCUT2D eigenvalue weighted by Crippen LogP contribution is -2.27. The summed E-state index contributed by atoms with van der Waals surface area (Å²) in [4.78, 5) is 4.93. The number of hydrogen-bond donors (Lipinski definition) is 0. The lowest BCUT2D eigenvalue weighted by Gasteiger charge is -2.28. The Labute approximate surface area is 125 Å². The van der Waals surface area contributed by atoms with Crippen molar-refractivity contribution in [2.24, 2.45) is 5.92 Å². The SMILES string of the molecule is CC1Cc2c(nc3c(Br)cnn3c2Cl)C12CCCC2. The standard InChI is InChI=1S/C14H15BrClN3/c1-8-6-9-11(14(8)4-2-3-5-14)18-13-10(15)7-17-19(13)12(9)16/h7-8H,2-6H2,1H3. The van der Waals surface area contributed by atoms with Crippen LogP contribution in [-0.2, 0) is 11.8 Å². The van der Waals surface area contributed by atoms with Crippen LogP contribution in [0.1, 0.15) is 43.9 Å². The van der Waals surface area contributed by atoms with Gasteiger partial charge in [0.05, 0.1) is 16.4 Å². The van der Waals surface area contributed by atoms with Crippen LogP contribution < -0.4 is 0 Å². The highest BCUT2D eigenvalue weighted by Crippen LogP contribution is 2.53. The Morgan fingerprint density at radius 1 is 1.42 bits per heavy atom. The van der Waals surface area contributed by atoms with Crippen LogP contribution in [0, 0.1) is 5.92 Å². The fourth-order valence-corrected chi connectivity index (χ4v) is 4.67. The van der Waals surface area contributed by atoms with Gasteiger partial charge in [-0.2, -0.15) is 5.10 Å². The topological polar surface area (TPSA) is 30.2 Å². The predicted molar refractivity (Wildman–Crippen MR) is 78.7 cm³/mol. The molecule has 2 aromatic heterocycles. The number of rotatable bonds is 0. The molecule has 0 aliphatic heterocycles. The summed E-state index contributed by atoms with van der Waals surface area (Å²) < 4.78 is 2.68. The van der Waals surface area contributed by atoms with Crippen molar-refractivity contribution in [3.8, 4) is 0 Å². The molecule has 2 aliphatic rings. The van der Waals surface area contributed by atoms with Gasteiger partial charge in [-0.3, -0.25) is 0 Å². The molecule has 0 saturated heterocycles. The molecule has 0 N–H and O–H groups in total. The van der Waals surface area contributed by atoms with Gasteiger partial charge in [-0.05, 0) is 41.1 Å². The zero-order valence-electron chi connectivity index (χ0n) is 10.8. The maximum atomic E-state index is 6.57. The summed E-state index contributed by atoms with van der Waals surface area (Å²) in [5.41, 5.74) is 3.59. The van der Waals surface area contributed by atoms with E-state index in [0.29, 0.717) is 5.92 Å². The summed E-state index contributed by atoms with van der Waals surface area (Å²) in [7, 11) is 0. The third-order valence-corrected chi connectivity index (χ3v) is 6.01. The van der Waals surface area contributed by atoms with Gasteiger partial charge < -0.3 is 0 Å². The summed E-state index contributed by atoms with van der Waals surface area (Å²) in [5, 5.41) is 5.06. The number of fused-ring (bicyclic) bond motifs is 3. The van der Waals surface area contributed by atoms with Crippen LogP contribution in [0.5, 0.6) is 0 Å². The second kappa shape index (κ2) is 3.95. The molecular formula is C14H15BrClN3. The summed E-state index contributed by atoms with van der Waals surface area (Å²) >= 11 is 10.1. The van der Waals surface area contributed by atoms with Crippen LogP contribution in [0.3, 0.4) is 0 Å². The summed E-state index contributed by atoms with van der Waals surface area (Å²) in [5.74, 6) is 0.640. The molecule has 1 saturated carbocycles. The maximum absolute atomic E-state index is 6.57. The minimum Gasteiger partial charge on any atom is -0.232 e. The first-order chi connectivity index (χ1) is 9.13. The molecule has 1 fully saturated rings. The molecule has 100 valence electrons. The fourth-order valence-electron chi connectivity index (χ4n) is 4.03. The Kier molecular flexibility index (Phi) is 2.53. The first kappa shape index (κ1) is 12.2. The van der Waals surface area contributed by atoms with Crippen molar-refractivity contribution in [3.63, 3.8) is 0 Å². The van der Waals surface area contributed by atoms with E-state index in [-0.39, 0.29) is 5.41 Å². The van der Waals surface area contributed by atoms with Crippen molar-refractivity contribution >= 4 is 33.2 Å². The fraction of sp³-hybridized carbons (Fsp3) is 0.571. The van der Waals surface area contributed by atoms with E-state index < -0.39 is 0 Å². The predicted octanol–water partition coefficient (Wildman–Crippen LogP) is 4.15. The van der Waals surface area contributed by atoms with Crippen molar-refractivity contribution in [2.45, 2.75) is 44.4 Å². The van der Waals surface area contributed by atoms with Crippen molar-refractivity contribution < 1.29 is 0 Å². The molecule has 0 radical (unpaired) electrons. The quantitative estimate of drug-likeness (QED) is 0.674. The smallest absolute Gasteiger partial charge is 0.171 e. The van der Waals surface area contributed by atoms with Crippen LogP contribution in [-0.4, -0.2) is 14.6 Å². The first-order valence-corrected chi connectivity index (χ1v) is 8.03. The Morgan fingerprint density at radius 2 is 2.16 bits per heavy atom. The summed E-state index contributed by atoms with van der Waals surface area (Å²) in [6.07, 6.45) is 7.95. The minimum atomic E-state index is 0.268. The molecule has 4 rings (SSSR count). The van der Waals surface area contributed by atoms with Crippen LogP contribution in [0.25, 0.3) is 5.65 Å². The maximum Gasteiger partial charge on any atom is 0.171 e. The molecule has 3 nitrogen and oxygen atoms in total. The number of halogens is 2. The van der Waals surface area contributed by atoms with Crippen LogP contribution >= 0.6 is 27.5 Å². The van der Waals surface area contributed by atoms with Gasteiger partial charge in [0.1, 0.15) is 5.15 Å². The Morgan fingerprint density at radius 3 is 2.89 bits per heavy atom. The van der Waals surface area contributed by atoms with E-state index in [2.05, 4.69) is 28.0 Å². The van der Waals surface area contributed by atoms with Crippen molar-refractivity contribution in [1.82, 2.24) is 14.6 Å². The molecule has 2 heterocycles. The van der Waals surface area contributed by atoms with Crippen LogP contribution in [0.2, 0.25) is 5.15 Å². The number of hydrogen-bond acceptors (Lipinski definition) is 2. The van der Waals surface area contributed by atoms with Gasteiger partial charge in [0.2, 0.25) is 0 Å². The molecule has 0 bridgehead atoms. The Bertz CT molecular complexity index is 673. The molecule has 0 aromatic carbocycles. The third-order valence-electron chi connectivity index (χ3n) is 5.06. The second-order valence-corrected chi connectivity index (χ2v) is 7.14. The van der Waals surface area contributed by atoms with E-state index in [1.54, 1.807) is 10.7 Å². The van der Waals surface area contributed by atoms with E-state index >= 15 is 0 Å². The van der Waals surface area contributed by atoms with E-state index in [1.807, 2.05) is 0 Å². The average Bonchev–Trinajstić information content (AvgIpc) is 3.06. The molecule has 0 amide bonds. The monoisotopic (exact) mass is 339 g/mol. The van der Waals surface area contributed by atoms with Gasteiger partial charge >= 0.3 is 0 Å². The van der Waals surface area contributed by atoms with E-state index in [1.165, 1.54) is 36.9 Å². The summed E-state index contributed by atoms with van der Waals surface area (Å²) in [6, 6.07) is 0. The van der Waals surface area contributed by atoms with Crippen LogP contribution in [0.4, 0.5) is 0 Å². The highest BCUT2D eigenvalue weighted by molar-refractivity contribution is 9.10. The van der Waals surface area contributed by atoms with Gasteiger partial charge in [0.15, 0.2) is 5.65 Å². The average molecular weight is 341 g/mol. The minimum absolute atomic E-state index is 0.268. The van der Waals surface area contributed by atoms with Gasteiger partial charge in [0.25, 0.3) is 0 Å². The molecular weight excluding hydrogens is 326 g/mol. The lowest BCUT2D eigenvalue weighted by molar-refractivity contribution is 0.316. The Balaban J connectivity index is 2.05. The van der Waals surface area contributed by atoms with Crippen molar-refractivity contribution in [2.75, 3.05) is 0 Å².